The van der Waals surface area contributed by atoms with Crippen molar-refractivity contribution in [3.63, 3.8) is 0 Å². The van der Waals surface area contributed by atoms with Gasteiger partial charge in [-0.25, -0.2) is 4.98 Å². The molecule has 0 fully saturated rings. The monoisotopic (exact) mass is 343 g/mol. The number of nitrogens with one attached hydrogen (secondary N) is 2. The molecule has 2 N–H and O–H groups in total. The average Bonchev–Trinajstić information content (AvgIpc) is 2.81. The third-order valence-corrected chi connectivity index (χ3v) is 3.61. The number of rotatable bonds is 3. The zero-order valence-corrected chi connectivity index (χ0v) is 13.8. The second-order valence-corrected chi connectivity index (χ2v) is 5.67. The van der Waals surface area contributed by atoms with Crippen molar-refractivity contribution < 1.29 is 0 Å². The number of nitrogens with zero attached hydrogens (tertiary/aromatic N) is 3. The van der Waals surface area contributed by atoms with Gasteiger partial charge < -0.3 is 0 Å². The van der Waals surface area contributed by atoms with Crippen LogP contribution in [0.2, 0.25) is 5.02 Å². The van der Waals surface area contributed by atoms with Crippen molar-refractivity contribution in [2.24, 2.45) is 4.99 Å². The maximum atomic E-state index is 12.5. The first kappa shape index (κ1) is 15.9. The SMILES string of the molecule is Cc1cc(=O)[nH]c(-n2[nH]c(C)c(C=Nc3ccc(Cl)cc3)c2=O)n1. The van der Waals surface area contributed by atoms with Crippen LogP contribution in [0, 0.1) is 13.8 Å². The predicted octanol–water partition coefficient (Wildman–Crippen LogP) is 2.27. The van der Waals surface area contributed by atoms with Crippen LogP contribution in [0.25, 0.3) is 5.95 Å². The highest BCUT2D eigenvalue weighted by molar-refractivity contribution is 6.30. The minimum absolute atomic E-state index is 0.138. The van der Waals surface area contributed by atoms with Crippen molar-refractivity contribution in [3.05, 3.63) is 73.0 Å². The number of hydrogen-bond acceptors (Lipinski definition) is 4. The minimum Gasteiger partial charge on any atom is -0.292 e. The summed E-state index contributed by atoms with van der Waals surface area (Å²) in [5.41, 5.74) is 1.51. The van der Waals surface area contributed by atoms with E-state index in [1.54, 1.807) is 38.1 Å². The first-order valence-corrected chi connectivity index (χ1v) is 7.51. The van der Waals surface area contributed by atoms with E-state index in [0.717, 1.165) is 0 Å². The summed E-state index contributed by atoms with van der Waals surface area (Å²) in [5, 5.41) is 3.50. The predicted molar refractivity (Wildman–Crippen MR) is 93.0 cm³/mol. The lowest BCUT2D eigenvalue weighted by molar-refractivity contribution is 0.763. The molecule has 3 rings (SSSR count). The summed E-state index contributed by atoms with van der Waals surface area (Å²) in [7, 11) is 0. The molecule has 0 saturated heterocycles. The highest BCUT2D eigenvalue weighted by Gasteiger charge is 2.12. The van der Waals surface area contributed by atoms with Gasteiger partial charge in [0.15, 0.2) is 0 Å². The van der Waals surface area contributed by atoms with Crippen LogP contribution >= 0.6 is 11.6 Å². The Hall–Kier alpha value is -2.93. The molecule has 0 bridgehead atoms. The molecule has 0 radical (unpaired) electrons. The summed E-state index contributed by atoms with van der Waals surface area (Å²) in [5.74, 6) is 0.138. The summed E-state index contributed by atoms with van der Waals surface area (Å²) in [6.45, 7) is 3.43. The molecule has 0 amide bonds. The number of benzene rings is 1. The van der Waals surface area contributed by atoms with E-state index in [-0.39, 0.29) is 17.1 Å². The number of halogens is 1. The standard InChI is InChI=1S/C16H14ClN5O2/c1-9-7-14(23)20-16(19-9)22-15(24)13(10(2)21-22)8-18-12-5-3-11(17)4-6-12/h3-8,21H,1-2H3,(H,19,20,23). The molecule has 2 aromatic heterocycles. The zero-order valence-electron chi connectivity index (χ0n) is 13.0. The lowest BCUT2D eigenvalue weighted by atomic mass is 10.3. The molecular formula is C16H14ClN5O2. The van der Waals surface area contributed by atoms with Gasteiger partial charge in [-0.3, -0.25) is 24.7 Å². The van der Waals surface area contributed by atoms with Gasteiger partial charge in [0, 0.05) is 28.7 Å². The van der Waals surface area contributed by atoms with Gasteiger partial charge in [-0.2, -0.15) is 4.68 Å². The Morgan fingerprint density at radius 3 is 2.58 bits per heavy atom. The van der Waals surface area contributed by atoms with Gasteiger partial charge in [-0.1, -0.05) is 11.6 Å². The minimum atomic E-state index is -0.348. The number of aromatic nitrogens is 4. The van der Waals surface area contributed by atoms with Crippen LogP contribution in [-0.2, 0) is 0 Å². The van der Waals surface area contributed by atoms with Crippen molar-refractivity contribution in [2.45, 2.75) is 13.8 Å². The Kier molecular flexibility index (Phi) is 4.18. The van der Waals surface area contributed by atoms with Crippen molar-refractivity contribution in [1.82, 2.24) is 19.7 Å². The van der Waals surface area contributed by atoms with Crippen LogP contribution in [0.1, 0.15) is 17.0 Å². The van der Waals surface area contributed by atoms with Crippen molar-refractivity contribution in [2.75, 3.05) is 0 Å². The van der Waals surface area contributed by atoms with Crippen molar-refractivity contribution >= 4 is 23.5 Å². The van der Waals surface area contributed by atoms with E-state index >= 15 is 0 Å². The van der Waals surface area contributed by atoms with E-state index in [2.05, 4.69) is 20.1 Å². The van der Waals surface area contributed by atoms with Gasteiger partial charge >= 0.3 is 0 Å². The highest BCUT2D eigenvalue weighted by atomic mass is 35.5. The van der Waals surface area contributed by atoms with Gasteiger partial charge in [-0.15, -0.1) is 0 Å². The fourth-order valence-corrected chi connectivity index (χ4v) is 2.32. The molecule has 3 aromatic rings. The third kappa shape index (κ3) is 3.21. The van der Waals surface area contributed by atoms with E-state index in [1.165, 1.54) is 17.0 Å². The summed E-state index contributed by atoms with van der Waals surface area (Å²) >= 11 is 5.83. The molecule has 122 valence electrons. The molecule has 0 unspecified atom stereocenters. The van der Waals surface area contributed by atoms with Gasteiger partial charge in [-0.05, 0) is 38.1 Å². The molecule has 8 heteroatoms. The summed E-state index contributed by atoms with van der Waals surface area (Å²) in [6.07, 6.45) is 1.47. The highest BCUT2D eigenvalue weighted by Crippen LogP contribution is 2.16. The summed E-state index contributed by atoms with van der Waals surface area (Å²) in [6, 6.07) is 8.29. The quantitative estimate of drug-likeness (QED) is 0.714. The Morgan fingerprint density at radius 2 is 1.92 bits per heavy atom. The van der Waals surface area contributed by atoms with E-state index in [9.17, 15) is 9.59 Å². The Morgan fingerprint density at radius 1 is 1.21 bits per heavy atom. The smallest absolute Gasteiger partial charge is 0.282 e. The molecule has 0 aliphatic rings. The van der Waals surface area contributed by atoms with Crippen LogP contribution in [0.15, 0.2) is 44.9 Å². The molecule has 2 heterocycles. The van der Waals surface area contributed by atoms with Gasteiger partial charge in [0.1, 0.15) is 0 Å². The first-order valence-electron chi connectivity index (χ1n) is 7.13. The number of aliphatic imine (C=N–C) groups is 1. The number of aryl methyl sites for hydroxylation is 2. The Labute approximate surface area is 141 Å². The zero-order chi connectivity index (χ0) is 17.3. The topological polar surface area (TPSA) is 95.9 Å². The summed E-state index contributed by atoms with van der Waals surface area (Å²) in [4.78, 5) is 35.1. The van der Waals surface area contributed by atoms with Gasteiger partial charge in [0.25, 0.3) is 11.1 Å². The van der Waals surface area contributed by atoms with Gasteiger partial charge in [0.05, 0.1) is 11.3 Å². The van der Waals surface area contributed by atoms with Crippen molar-refractivity contribution in [1.29, 1.82) is 0 Å². The average molecular weight is 344 g/mol. The maximum absolute atomic E-state index is 12.5. The fourth-order valence-electron chi connectivity index (χ4n) is 2.20. The molecule has 7 nitrogen and oxygen atoms in total. The molecule has 0 aliphatic carbocycles. The van der Waals surface area contributed by atoms with Crippen LogP contribution in [0.3, 0.4) is 0 Å². The largest absolute Gasteiger partial charge is 0.292 e. The molecule has 0 aliphatic heterocycles. The molecule has 24 heavy (non-hydrogen) atoms. The number of H-pyrrole nitrogens is 2. The van der Waals surface area contributed by atoms with E-state index < -0.39 is 0 Å². The second kappa shape index (κ2) is 6.29. The fraction of sp³-hybridized carbons (Fsp3) is 0.125. The van der Waals surface area contributed by atoms with E-state index in [0.29, 0.717) is 27.7 Å². The molecule has 0 spiro atoms. The first-order chi connectivity index (χ1) is 11.4. The Balaban J connectivity index is 2.02. The van der Waals surface area contributed by atoms with Crippen LogP contribution < -0.4 is 11.1 Å². The van der Waals surface area contributed by atoms with E-state index in [1.807, 2.05) is 0 Å². The molecule has 0 saturated carbocycles. The number of hydrogen-bond donors (Lipinski definition) is 2. The lowest BCUT2D eigenvalue weighted by Gasteiger charge is -2.00. The molecule has 0 atom stereocenters. The van der Waals surface area contributed by atoms with E-state index in [4.69, 9.17) is 11.6 Å². The number of aromatic amines is 2. The lowest BCUT2D eigenvalue weighted by Crippen LogP contribution is -2.23. The molecule has 1 aromatic carbocycles. The van der Waals surface area contributed by atoms with Crippen LogP contribution in [0.5, 0.6) is 0 Å². The third-order valence-electron chi connectivity index (χ3n) is 3.36. The maximum Gasteiger partial charge on any atom is 0.282 e. The summed E-state index contributed by atoms with van der Waals surface area (Å²) < 4.78 is 1.19. The van der Waals surface area contributed by atoms with Gasteiger partial charge in [0.2, 0.25) is 5.95 Å². The van der Waals surface area contributed by atoms with Crippen molar-refractivity contribution in [3.8, 4) is 5.95 Å². The van der Waals surface area contributed by atoms with Crippen LogP contribution in [-0.4, -0.2) is 26.0 Å². The molecular weight excluding hydrogens is 330 g/mol. The van der Waals surface area contributed by atoms with Crippen LogP contribution in [0.4, 0.5) is 5.69 Å². The normalized spacial score (nSPS) is 11.3. The Bertz CT molecular complexity index is 1030. The second-order valence-electron chi connectivity index (χ2n) is 5.24.